The number of benzene rings is 1. The van der Waals surface area contributed by atoms with Crippen LogP contribution in [-0.2, 0) is 9.53 Å². The summed E-state index contributed by atoms with van der Waals surface area (Å²) in [6.45, 7) is 0.465. The fourth-order valence-electron chi connectivity index (χ4n) is 2.41. The number of carbonyl (C=O) groups is 2. The molecule has 1 aromatic heterocycles. The van der Waals surface area contributed by atoms with Crippen molar-refractivity contribution in [1.29, 1.82) is 0 Å². The van der Waals surface area contributed by atoms with E-state index in [1.54, 1.807) is 24.4 Å². The van der Waals surface area contributed by atoms with Crippen LogP contribution < -0.4 is 0 Å². The quantitative estimate of drug-likeness (QED) is 0.895. The Morgan fingerprint density at radius 1 is 1.25 bits per heavy atom. The molecule has 0 bridgehead atoms. The molecule has 1 N–H and O–H groups in total. The van der Waals surface area contributed by atoms with Crippen molar-refractivity contribution < 1.29 is 19.4 Å². The second-order valence-corrected chi connectivity index (χ2v) is 5.99. The van der Waals surface area contributed by atoms with Gasteiger partial charge in [0.1, 0.15) is 0 Å². The lowest BCUT2D eigenvalue weighted by molar-refractivity contribution is -0.147. The summed E-state index contributed by atoms with van der Waals surface area (Å²) in [5.41, 5.74) is 0.787. The maximum Gasteiger partial charge on any atom is 0.328 e. The lowest BCUT2D eigenvalue weighted by atomic mass is 10.2. The summed E-state index contributed by atoms with van der Waals surface area (Å²) in [5.74, 6) is -1.56. The molecular formula is C15H13Cl2N3O4. The van der Waals surface area contributed by atoms with Gasteiger partial charge >= 0.3 is 5.97 Å². The minimum atomic E-state index is -1.10. The molecule has 0 radical (unpaired) electrons. The normalized spacial score (nSPS) is 17.8. The molecule has 0 saturated carbocycles. The highest BCUT2D eigenvalue weighted by Crippen LogP contribution is 2.24. The molecule has 7 nitrogen and oxygen atoms in total. The molecule has 0 spiro atoms. The summed E-state index contributed by atoms with van der Waals surface area (Å²) < 4.78 is 6.61. The number of morpholine rings is 1. The molecular weight excluding hydrogens is 357 g/mol. The van der Waals surface area contributed by atoms with Crippen LogP contribution in [0.3, 0.4) is 0 Å². The van der Waals surface area contributed by atoms with E-state index >= 15 is 0 Å². The Bertz CT molecular complexity index is 793. The number of aliphatic carboxylic acids is 1. The van der Waals surface area contributed by atoms with E-state index in [1.165, 1.54) is 15.6 Å². The number of carbonyl (C=O) groups excluding carboxylic acids is 1. The average Bonchev–Trinajstić information content (AvgIpc) is 3.06. The number of carboxylic acid groups (broad SMARTS) is 1. The molecule has 1 unspecified atom stereocenters. The first-order valence-corrected chi connectivity index (χ1v) is 7.85. The minimum absolute atomic E-state index is 0.0332. The van der Waals surface area contributed by atoms with Gasteiger partial charge in [-0.25, -0.2) is 9.48 Å². The number of hydrogen-bond donors (Lipinski definition) is 1. The van der Waals surface area contributed by atoms with Crippen LogP contribution in [0.4, 0.5) is 0 Å². The van der Waals surface area contributed by atoms with Crippen LogP contribution in [0.5, 0.6) is 0 Å². The van der Waals surface area contributed by atoms with Gasteiger partial charge in [0.2, 0.25) is 0 Å². The molecule has 1 atom stereocenters. The molecule has 1 aromatic carbocycles. The fraction of sp³-hybridized carbons (Fsp3) is 0.267. The molecule has 2 heterocycles. The van der Waals surface area contributed by atoms with Crippen molar-refractivity contribution in [3.8, 4) is 5.69 Å². The van der Waals surface area contributed by atoms with E-state index < -0.39 is 17.9 Å². The predicted octanol–water partition coefficient (Wildman–Crippen LogP) is 2.10. The first-order chi connectivity index (χ1) is 11.5. The largest absolute Gasteiger partial charge is 0.480 e. The Morgan fingerprint density at radius 2 is 2.04 bits per heavy atom. The lowest BCUT2D eigenvalue weighted by Crippen LogP contribution is -2.52. The summed E-state index contributed by atoms with van der Waals surface area (Å²) in [4.78, 5) is 25.1. The zero-order valence-corrected chi connectivity index (χ0v) is 13.9. The Kier molecular flexibility index (Phi) is 4.75. The topological polar surface area (TPSA) is 84.7 Å². The third kappa shape index (κ3) is 3.24. The van der Waals surface area contributed by atoms with Crippen molar-refractivity contribution in [2.45, 2.75) is 6.04 Å². The van der Waals surface area contributed by atoms with Crippen molar-refractivity contribution in [2.24, 2.45) is 0 Å². The van der Waals surface area contributed by atoms with Crippen LogP contribution in [0.15, 0.2) is 30.5 Å². The molecule has 126 valence electrons. The van der Waals surface area contributed by atoms with Crippen LogP contribution >= 0.6 is 23.2 Å². The standard InChI is InChI=1S/C15H13Cl2N3O4/c16-10-2-1-9(7-11(10)17)20-4-3-12(18-20)14(21)19-5-6-24-8-13(19)15(22)23/h1-4,7,13H,5-6,8H2,(H,22,23). The fourth-order valence-corrected chi connectivity index (χ4v) is 2.70. The Labute approximate surface area is 147 Å². The summed E-state index contributed by atoms with van der Waals surface area (Å²) >= 11 is 11.9. The molecule has 1 fully saturated rings. The number of aromatic nitrogens is 2. The van der Waals surface area contributed by atoms with Crippen molar-refractivity contribution in [1.82, 2.24) is 14.7 Å². The summed E-state index contributed by atoms with van der Waals surface area (Å²) in [5, 5.41) is 14.2. The smallest absolute Gasteiger partial charge is 0.328 e. The number of amides is 1. The highest BCUT2D eigenvalue weighted by Gasteiger charge is 2.34. The van der Waals surface area contributed by atoms with Gasteiger partial charge < -0.3 is 14.7 Å². The number of nitrogens with zero attached hydrogens (tertiary/aromatic N) is 3. The number of carboxylic acids is 1. The maximum atomic E-state index is 12.6. The number of ether oxygens (including phenoxy) is 1. The van der Waals surface area contributed by atoms with Crippen LogP contribution in [0, 0.1) is 0 Å². The molecule has 2 aromatic rings. The highest BCUT2D eigenvalue weighted by molar-refractivity contribution is 6.42. The molecule has 3 rings (SSSR count). The van der Waals surface area contributed by atoms with Crippen LogP contribution in [0.1, 0.15) is 10.5 Å². The van der Waals surface area contributed by atoms with Gasteiger partial charge in [0.25, 0.3) is 5.91 Å². The molecule has 1 aliphatic rings. The summed E-state index contributed by atoms with van der Waals surface area (Å²) in [6.07, 6.45) is 1.60. The van der Waals surface area contributed by atoms with E-state index in [2.05, 4.69) is 5.10 Å². The van der Waals surface area contributed by atoms with E-state index in [1.807, 2.05) is 0 Å². The second kappa shape index (κ2) is 6.80. The molecule has 9 heteroatoms. The first-order valence-electron chi connectivity index (χ1n) is 7.10. The van der Waals surface area contributed by atoms with Crippen LogP contribution in [0.2, 0.25) is 10.0 Å². The van der Waals surface area contributed by atoms with Crippen molar-refractivity contribution >= 4 is 35.1 Å². The zero-order valence-electron chi connectivity index (χ0n) is 12.4. The Morgan fingerprint density at radius 3 is 2.75 bits per heavy atom. The zero-order chi connectivity index (χ0) is 17.3. The van der Waals surface area contributed by atoms with E-state index in [0.717, 1.165) is 0 Å². The molecule has 24 heavy (non-hydrogen) atoms. The van der Waals surface area contributed by atoms with Gasteiger partial charge in [-0.05, 0) is 24.3 Å². The lowest BCUT2D eigenvalue weighted by Gasteiger charge is -2.32. The number of rotatable bonds is 3. The van der Waals surface area contributed by atoms with Gasteiger partial charge in [0, 0.05) is 12.7 Å². The van der Waals surface area contributed by atoms with E-state index in [4.69, 9.17) is 27.9 Å². The number of halogens is 2. The van der Waals surface area contributed by atoms with Crippen molar-refractivity contribution in [3.05, 3.63) is 46.2 Å². The average molecular weight is 370 g/mol. The molecule has 1 amide bonds. The minimum Gasteiger partial charge on any atom is -0.480 e. The highest BCUT2D eigenvalue weighted by atomic mass is 35.5. The summed E-state index contributed by atoms with van der Waals surface area (Å²) in [6, 6.07) is 5.48. The van der Waals surface area contributed by atoms with Crippen LogP contribution in [0.25, 0.3) is 5.69 Å². The maximum absolute atomic E-state index is 12.6. The second-order valence-electron chi connectivity index (χ2n) is 5.17. The van der Waals surface area contributed by atoms with Gasteiger partial charge in [0.15, 0.2) is 11.7 Å². The Balaban J connectivity index is 1.85. The van der Waals surface area contributed by atoms with Gasteiger partial charge in [-0.2, -0.15) is 5.10 Å². The Hall–Kier alpha value is -2.09. The van der Waals surface area contributed by atoms with E-state index in [-0.39, 0.29) is 18.8 Å². The van der Waals surface area contributed by atoms with Gasteiger partial charge in [-0.3, -0.25) is 4.79 Å². The summed E-state index contributed by atoms with van der Waals surface area (Å²) in [7, 11) is 0. The monoisotopic (exact) mass is 369 g/mol. The SMILES string of the molecule is O=C(O)C1COCCN1C(=O)c1ccn(-c2ccc(Cl)c(Cl)c2)n1. The van der Waals surface area contributed by atoms with Gasteiger partial charge in [-0.15, -0.1) is 0 Å². The molecule has 1 saturated heterocycles. The van der Waals surface area contributed by atoms with Gasteiger partial charge in [-0.1, -0.05) is 23.2 Å². The van der Waals surface area contributed by atoms with E-state index in [9.17, 15) is 14.7 Å². The van der Waals surface area contributed by atoms with Crippen molar-refractivity contribution in [2.75, 3.05) is 19.8 Å². The van der Waals surface area contributed by atoms with Crippen molar-refractivity contribution in [3.63, 3.8) is 0 Å². The third-order valence-electron chi connectivity index (χ3n) is 3.65. The van der Waals surface area contributed by atoms with E-state index in [0.29, 0.717) is 22.3 Å². The number of hydrogen-bond acceptors (Lipinski definition) is 4. The third-order valence-corrected chi connectivity index (χ3v) is 4.39. The predicted molar refractivity (Wildman–Crippen MR) is 86.9 cm³/mol. The van der Waals surface area contributed by atoms with Gasteiger partial charge in [0.05, 0.1) is 28.9 Å². The molecule has 1 aliphatic heterocycles. The molecule has 0 aliphatic carbocycles. The first kappa shape index (κ1) is 16.8. The van der Waals surface area contributed by atoms with Crippen LogP contribution in [-0.4, -0.2) is 57.5 Å².